The number of carbonyl (C=O) groups is 2. The number of hydrogen-bond donors (Lipinski definition) is 0. The van der Waals surface area contributed by atoms with Gasteiger partial charge in [-0.25, -0.2) is 0 Å². The van der Waals surface area contributed by atoms with Crippen LogP contribution in [0.25, 0.3) is 0 Å². The van der Waals surface area contributed by atoms with Crippen LogP contribution in [-0.2, 0) is 9.59 Å². The minimum atomic E-state index is -0.113. The van der Waals surface area contributed by atoms with E-state index in [1.807, 2.05) is 13.8 Å². The first-order valence-corrected chi connectivity index (χ1v) is 4.01. The minimum absolute atomic E-state index is 0.0764. The molecule has 0 bridgehead atoms. The van der Waals surface area contributed by atoms with Crippen LogP contribution in [0.2, 0.25) is 0 Å². The topological polar surface area (TPSA) is 34.1 Å². The molecule has 0 saturated carbocycles. The van der Waals surface area contributed by atoms with Crippen LogP contribution in [0.5, 0.6) is 0 Å². The highest BCUT2D eigenvalue weighted by Crippen LogP contribution is 2.17. The van der Waals surface area contributed by atoms with E-state index in [9.17, 15) is 9.59 Å². The van der Waals surface area contributed by atoms with E-state index in [2.05, 4.69) is 0 Å². The van der Waals surface area contributed by atoms with Crippen molar-refractivity contribution >= 4 is 11.6 Å². The standard InChI is InChI=1S/C9H16O2/c1-5-9(8(4)11)6(2)7(3)10/h6,9H,5H2,1-4H3. The average Bonchev–Trinajstić information content (AvgIpc) is 1.88. The van der Waals surface area contributed by atoms with Gasteiger partial charge in [-0.3, -0.25) is 9.59 Å². The molecule has 0 aromatic rings. The first kappa shape index (κ1) is 10.3. The number of rotatable bonds is 4. The fraction of sp³-hybridized carbons (Fsp3) is 0.778. The number of ketones is 2. The number of Topliss-reactive ketones (excluding diaryl/α,β-unsaturated/α-hetero) is 2. The Balaban J connectivity index is 4.25. The van der Waals surface area contributed by atoms with Crippen LogP contribution in [0.1, 0.15) is 34.1 Å². The molecule has 0 saturated heterocycles. The third-order valence-electron chi connectivity index (χ3n) is 2.21. The molecule has 64 valence electrons. The molecule has 0 spiro atoms. The van der Waals surface area contributed by atoms with E-state index in [0.29, 0.717) is 0 Å². The Morgan fingerprint density at radius 3 is 1.73 bits per heavy atom. The highest BCUT2D eigenvalue weighted by molar-refractivity contribution is 5.87. The molecule has 0 aromatic heterocycles. The van der Waals surface area contributed by atoms with Gasteiger partial charge in [0.2, 0.25) is 0 Å². The Bertz CT molecular complexity index is 161. The predicted octanol–water partition coefficient (Wildman–Crippen LogP) is 1.83. The Hall–Kier alpha value is -0.660. The highest BCUT2D eigenvalue weighted by Gasteiger charge is 2.22. The van der Waals surface area contributed by atoms with E-state index in [-0.39, 0.29) is 23.4 Å². The molecular weight excluding hydrogens is 140 g/mol. The van der Waals surface area contributed by atoms with Gasteiger partial charge in [-0.15, -0.1) is 0 Å². The Kier molecular flexibility index (Phi) is 4.01. The lowest BCUT2D eigenvalue weighted by Crippen LogP contribution is -2.24. The summed E-state index contributed by atoms with van der Waals surface area (Å²) in [4.78, 5) is 21.9. The third kappa shape index (κ3) is 2.83. The zero-order chi connectivity index (χ0) is 9.02. The second-order valence-corrected chi connectivity index (χ2v) is 3.02. The number of carbonyl (C=O) groups excluding carboxylic acids is 2. The molecule has 2 nitrogen and oxygen atoms in total. The van der Waals surface area contributed by atoms with Gasteiger partial charge in [0.15, 0.2) is 0 Å². The predicted molar refractivity (Wildman–Crippen MR) is 44.3 cm³/mol. The summed E-state index contributed by atoms with van der Waals surface area (Å²) >= 11 is 0. The maximum Gasteiger partial charge on any atom is 0.133 e. The van der Waals surface area contributed by atoms with Gasteiger partial charge in [-0.1, -0.05) is 13.8 Å². The summed E-state index contributed by atoms with van der Waals surface area (Å²) in [6.07, 6.45) is 0.760. The van der Waals surface area contributed by atoms with Gasteiger partial charge in [0.25, 0.3) is 0 Å². The fourth-order valence-corrected chi connectivity index (χ4v) is 1.28. The molecule has 0 amide bonds. The van der Waals surface area contributed by atoms with Crippen LogP contribution in [0, 0.1) is 11.8 Å². The molecule has 0 aliphatic heterocycles. The van der Waals surface area contributed by atoms with Gasteiger partial charge in [0.1, 0.15) is 11.6 Å². The molecule has 11 heavy (non-hydrogen) atoms. The average molecular weight is 156 g/mol. The normalized spacial score (nSPS) is 15.6. The zero-order valence-corrected chi connectivity index (χ0v) is 7.68. The summed E-state index contributed by atoms with van der Waals surface area (Å²) in [5.74, 6) is 0.0345. The smallest absolute Gasteiger partial charge is 0.133 e. The van der Waals surface area contributed by atoms with Crippen molar-refractivity contribution in [3.63, 3.8) is 0 Å². The second kappa shape index (κ2) is 4.27. The van der Waals surface area contributed by atoms with E-state index < -0.39 is 0 Å². The fourth-order valence-electron chi connectivity index (χ4n) is 1.28. The van der Waals surface area contributed by atoms with Gasteiger partial charge in [-0.05, 0) is 20.3 Å². The lowest BCUT2D eigenvalue weighted by Gasteiger charge is -2.16. The van der Waals surface area contributed by atoms with Crippen molar-refractivity contribution in [1.29, 1.82) is 0 Å². The van der Waals surface area contributed by atoms with Crippen molar-refractivity contribution in [2.24, 2.45) is 11.8 Å². The van der Waals surface area contributed by atoms with E-state index >= 15 is 0 Å². The molecule has 0 aliphatic rings. The van der Waals surface area contributed by atoms with Crippen LogP contribution in [0.15, 0.2) is 0 Å². The largest absolute Gasteiger partial charge is 0.300 e. The molecule has 0 heterocycles. The van der Waals surface area contributed by atoms with Crippen LogP contribution >= 0.6 is 0 Å². The Labute approximate surface area is 68.0 Å². The minimum Gasteiger partial charge on any atom is -0.300 e. The van der Waals surface area contributed by atoms with Crippen LogP contribution in [0.3, 0.4) is 0 Å². The van der Waals surface area contributed by atoms with Gasteiger partial charge in [-0.2, -0.15) is 0 Å². The maximum absolute atomic E-state index is 11.0. The highest BCUT2D eigenvalue weighted by atomic mass is 16.1. The zero-order valence-electron chi connectivity index (χ0n) is 7.68. The van der Waals surface area contributed by atoms with Crippen molar-refractivity contribution < 1.29 is 9.59 Å². The summed E-state index contributed by atoms with van der Waals surface area (Å²) < 4.78 is 0. The molecule has 0 rings (SSSR count). The molecule has 2 heteroatoms. The van der Waals surface area contributed by atoms with Gasteiger partial charge in [0.05, 0.1) is 0 Å². The molecule has 0 aliphatic carbocycles. The van der Waals surface area contributed by atoms with E-state index in [4.69, 9.17) is 0 Å². The summed E-state index contributed by atoms with van der Waals surface area (Å²) in [5, 5.41) is 0. The van der Waals surface area contributed by atoms with Gasteiger partial charge >= 0.3 is 0 Å². The summed E-state index contributed by atoms with van der Waals surface area (Å²) in [7, 11) is 0. The molecular formula is C9H16O2. The van der Waals surface area contributed by atoms with Crippen molar-refractivity contribution in [3.05, 3.63) is 0 Å². The first-order valence-electron chi connectivity index (χ1n) is 4.01. The lowest BCUT2D eigenvalue weighted by molar-refractivity contribution is -0.129. The maximum atomic E-state index is 11.0. The molecule has 2 atom stereocenters. The molecule has 0 radical (unpaired) electrons. The number of hydrogen-bond acceptors (Lipinski definition) is 2. The summed E-state index contributed by atoms with van der Waals surface area (Å²) in [5.41, 5.74) is 0. The van der Waals surface area contributed by atoms with Crippen LogP contribution in [0.4, 0.5) is 0 Å². The lowest BCUT2D eigenvalue weighted by atomic mass is 9.86. The summed E-state index contributed by atoms with van der Waals surface area (Å²) in [6, 6.07) is 0. The van der Waals surface area contributed by atoms with Crippen molar-refractivity contribution in [2.45, 2.75) is 34.1 Å². The van der Waals surface area contributed by atoms with E-state index in [1.54, 1.807) is 6.92 Å². The first-order chi connectivity index (χ1) is 5.00. The van der Waals surface area contributed by atoms with Crippen molar-refractivity contribution in [3.8, 4) is 0 Å². The monoisotopic (exact) mass is 156 g/mol. The Morgan fingerprint density at radius 2 is 1.64 bits per heavy atom. The molecule has 2 unspecified atom stereocenters. The van der Waals surface area contributed by atoms with Crippen LogP contribution in [-0.4, -0.2) is 11.6 Å². The molecule has 0 aromatic carbocycles. The Morgan fingerprint density at radius 1 is 1.18 bits per heavy atom. The van der Waals surface area contributed by atoms with Crippen LogP contribution < -0.4 is 0 Å². The van der Waals surface area contributed by atoms with E-state index in [1.165, 1.54) is 6.92 Å². The van der Waals surface area contributed by atoms with Gasteiger partial charge in [0, 0.05) is 11.8 Å². The molecule has 0 fully saturated rings. The van der Waals surface area contributed by atoms with Crippen molar-refractivity contribution in [2.75, 3.05) is 0 Å². The van der Waals surface area contributed by atoms with Crippen molar-refractivity contribution in [1.82, 2.24) is 0 Å². The summed E-state index contributed by atoms with van der Waals surface area (Å²) in [6.45, 7) is 6.84. The third-order valence-corrected chi connectivity index (χ3v) is 2.21. The molecule has 0 N–H and O–H groups in total. The quantitative estimate of drug-likeness (QED) is 0.622. The van der Waals surface area contributed by atoms with E-state index in [0.717, 1.165) is 6.42 Å². The SMILES string of the molecule is CCC(C(C)=O)C(C)C(C)=O. The van der Waals surface area contributed by atoms with Gasteiger partial charge < -0.3 is 0 Å². The second-order valence-electron chi connectivity index (χ2n) is 3.02.